The first kappa shape index (κ1) is 16.5. The van der Waals surface area contributed by atoms with E-state index in [1.54, 1.807) is 0 Å². The molecule has 0 spiro atoms. The van der Waals surface area contributed by atoms with E-state index in [-0.39, 0.29) is 17.6 Å². The smallest absolute Gasteiger partial charge is 0.407 e. The van der Waals surface area contributed by atoms with E-state index in [1.807, 2.05) is 20.8 Å². The molecule has 1 amide bonds. The fourth-order valence-corrected chi connectivity index (χ4v) is 2.91. The molecule has 2 N–H and O–H groups in total. The van der Waals surface area contributed by atoms with Gasteiger partial charge in [-0.2, -0.15) is 0 Å². The molecule has 1 saturated carbocycles. The lowest BCUT2D eigenvalue weighted by Crippen LogP contribution is -2.49. The summed E-state index contributed by atoms with van der Waals surface area (Å²) < 4.78 is 4.53. The second-order valence-electron chi connectivity index (χ2n) is 5.79. The molecule has 114 valence electrons. The molecule has 0 bridgehead atoms. The van der Waals surface area contributed by atoms with Gasteiger partial charge in [0.05, 0.1) is 19.1 Å². The van der Waals surface area contributed by atoms with Crippen molar-refractivity contribution >= 4 is 17.8 Å². The molecule has 0 aromatic rings. The molecule has 1 aliphatic rings. The van der Waals surface area contributed by atoms with E-state index >= 15 is 0 Å². The Morgan fingerprint density at radius 1 is 1.25 bits per heavy atom. The van der Waals surface area contributed by atoms with Gasteiger partial charge < -0.3 is 15.2 Å². The van der Waals surface area contributed by atoms with Gasteiger partial charge in [-0.05, 0) is 24.7 Å². The number of carbonyl (C=O) groups is 3. The number of aliphatic carboxylic acids is 1. The third-order valence-corrected chi connectivity index (χ3v) is 4.06. The Hall–Kier alpha value is -1.59. The highest BCUT2D eigenvalue weighted by molar-refractivity contribution is 5.93. The summed E-state index contributed by atoms with van der Waals surface area (Å²) in [6.45, 7) is 5.52. The fraction of sp³-hybridized carbons (Fsp3) is 0.786. The van der Waals surface area contributed by atoms with Crippen molar-refractivity contribution in [3.05, 3.63) is 0 Å². The lowest BCUT2D eigenvalue weighted by molar-refractivity contribution is -0.146. The Morgan fingerprint density at radius 3 is 2.30 bits per heavy atom. The molecular formula is C14H23NO5. The average Bonchev–Trinajstić information content (AvgIpc) is 2.76. The number of alkyl carbamates (subject to hydrolysis) is 1. The van der Waals surface area contributed by atoms with E-state index in [2.05, 4.69) is 10.1 Å². The number of ether oxygens (including phenoxy) is 1. The molecule has 0 radical (unpaired) electrons. The van der Waals surface area contributed by atoms with Gasteiger partial charge in [-0.1, -0.05) is 20.8 Å². The van der Waals surface area contributed by atoms with Crippen LogP contribution in [0.1, 0.15) is 33.6 Å². The van der Waals surface area contributed by atoms with Crippen molar-refractivity contribution in [2.45, 2.75) is 39.7 Å². The van der Waals surface area contributed by atoms with Gasteiger partial charge >= 0.3 is 12.1 Å². The maximum absolute atomic E-state index is 12.6. The van der Waals surface area contributed by atoms with Crippen LogP contribution in [0.3, 0.4) is 0 Å². The number of amides is 1. The molecule has 1 unspecified atom stereocenters. The van der Waals surface area contributed by atoms with Crippen LogP contribution in [-0.4, -0.2) is 36.1 Å². The zero-order chi connectivity index (χ0) is 15.4. The molecule has 0 aromatic heterocycles. The Balaban J connectivity index is 2.92. The van der Waals surface area contributed by atoms with Crippen LogP contribution >= 0.6 is 0 Å². The molecule has 20 heavy (non-hydrogen) atoms. The van der Waals surface area contributed by atoms with Crippen molar-refractivity contribution in [3.8, 4) is 0 Å². The number of nitrogens with one attached hydrogen (secondary N) is 1. The van der Waals surface area contributed by atoms with Gasteiger partial charge in [0.1, 0.15) is 0 Å². The van der Waals surface area contributed by atoms with Crippen LogP contribution in [0.4, 0.5) is 4.79 Å². The minimum absolute atomic E-state index is 0.0179. The molecule has 0 aromatic carbocycles. The van der Waals surface area contributed by atoms with Crippen molar-refractivity contribution < 1.29 is 24.2 Å². The minimum atomic E-state index is -0.937. The van der Waals surface area contributed by atoms with Gasteiger partial charge in [0.15, 0.2) is 5.78 Å². The largest absolute Gasteiger partial charge is 0.481 e. The number of carbonyl (C=O) groups excluding carboxylic acids is 2. The van der Waals surface area contributed by atoms with Gasteiger partial charge in [-0.3, -0.25) is 9.59 Å². The molecule has 1 rings (SSSR count). The van der Waals surface area contributed by atoms with Crippen molar-refractivity contribution in [3.63, 3.8) is 0 Å². The molecule has 1 aliphatic carbocycles. The van der Waals surface area contributed by atoms with Crippen molar-refractivity contribution in [2.75, 3.05) is 7.11 Å². The summed E-state index contributed by atoms with van der Waals surface area (Å²) in [5, 5.41) is 11.8. The molecule has 0 saturated heterocycles. The molecule has 6 heteroatoms. The summed E-state index contributed by atoms with van der Waals surface area (Å²) in [6, 6.07) is -0.713. The first-order chi connectivity index (χ1) is 9.29. The highest BCUT2D eigenvalue weighted by atomic mass is 16.5. The SMILES string of the molecule is COC(=O)N[C@H](C(=O)C1[C@@H](C)CC[C@H]1C(=O)O)C(C)C. The van der Waals surface area contributed by atoms with E-state index in [0.29, 0.717) is 6.42 Å². The van der Waals surface area contributed by atoms with Gasteiger partial charge in [0.2, 0.25) is 0 Å². The monoisotopic (exact) mass is 285 g/mol. The first-order valence-corrected chi connectivity index (χ1v) is 6.90. The first-order valence-electron chi connectivity index (χ1n) is 6.90. The van der Waals surface area contributed by atoms with E-state index in [4.69, 9.17) is 0 Å². The average molecular weight is 285 g/mol. The second-order valence-corrected chi connectivity index (χ2v) is 5.79. The van der Waals surface area contributed by atoms with Crippen LogP contribution in [0, 0.1) is 23.7 Å². The fourth-order valence-electron chi connectivity index (χ4n) is 2.91. The normalized spacial score (nSPS) is 27.1. The topological polar surface area (TPSA) is 92.7 Å². The summed E-state index contributed by atoms with van der Waals surface area (Å²) in [6.07, 6.45) is 0.557. The molecule has 0 aliphatic heterocycles. The molecular weight excluding hydrogens is 262 g/mol. The summed E-state index contributed by atoms with van der Waals surface area (Å²) in [5.74, 6) is -2.44. The number of rotatable bonds is 5. The highest BCUT2D eigenvalue weighted by Gasteiger charge is 2.45. The number of hydrogen-bond donors (Lipinski definition) is 2. The van der Waals surface area contributed by atoms with Crippen LogP contribution in [-0.2, 0) is 14.3 Å². The van der Waals surface area contributed by atoms with Gasteiger partial charge in [-0.25, -0.2) is 4.79 Å². The summed E-state index contributed by atoms with van der Waals surface area (Å²) in [7, 11) is 1.23. The maximum atomic E-state index is 12.6. The summed E-state index contributed by atoms with van der Waals surface area (Å²) in [5.41, 5.74) is 0. The third kappa shape index (κ3) is 3.49. The Labute approximate surface area is 118 Å². The highest BCUT2D eigenvalue weighted by Crippen LogP contribution is 2.38. The number of methoxy groups -OCH3 is 1. The predicted molar refractivity (Wildman–Crippen MR) is 72.2 cm³/mol. The minimum Gasteiger partial charge on any atom is -0.481 e. The van der Waals surface area contributed by atoms with Crippen LogP contribution < -0.4 is 5.32 Å². The molecule has 6 nitrogen and oxygen atoms in total. The number of carboxylic acids is 1. The summed E-state index contributed by atoms with van der Waals surface area (Å²) in [4.78, 5) is 35.2. The van der Waals surface area contributed by atoms with Crippen LogP contribution in [0.25, 0.3) is 0 Å². The predicted octanol–water partition coefficient (Wildman–Crippen LogP) is 1.68. The Bertz CT molecular complexity index is 393. The van der Waals surface area contributed by atoms with Crippen LogP contribution in [0.5, 0.6) is 0 Å². The van der Waals surface area contributed by atoms with Crippen LogP contribution in [0.15, 0.2) is 0 Å². The van der Waals surface area contributed by atoms with Crippen molar-refractivity contribution in [1.29, 1.82) is 0 Å². The van der Waals surface area contributed by atoms with Gasteiger partial charge in [0, 0.05) is 5.92 Å². The maximum Gasteiger partial charge on any atom is 0.407 e. The molecule has 1 fully saturated rings. The van der Waals surface area contributed by atoms with Gasteiger partial charge in [-0.15, -0.1) is 0 Å². The number of Topliss-reactive ketones (excluding diaryl/α,β-unsaturated/α-hetero) is 1. The van der Waals surface area contributed by atoms with E-state index in [1.165, 1.54) is 7.11 Å². The third-order valence-electron chi connectivity index (χ3n) is 4.06. The zero-order valence-corrected chi connectivity index (χ0v) is 12.4. The number of hydrogen-bond acceptors (Lipinski definition) is 4. The second kappa shape index (κ2) is 6.72. The van der Waals surface area contributed by atoms with E-state index < -0.39 is 29.9 Å². The molecule has 4 atom stereocenters. The summed E-state index contributed by atoms with van der Waals surface area (Å²) >= 11 is 0. The Kier molecular flexibility index (Phi) is 5.53. The molecule has 0 heterocycles. The Morgan fingerprint density at radius 2 is 1.85 bits per heavy atom. The number of ketones is 1. The van der Waals surface area contributed by atoms with E-state index in [0.717, 1.165) is 6.42 Å². The number of carboxylic acid groups (broad SMARTS) is 1. The van der Waals surface area contributed by atoms with E-state index in [9.17, 15) is 19.5 Å². The lowest BCUT2D eigenvalue weighted by Gasteiger charge is -2.27. The van der Waals surface area contributed by atoms with Crippen molar-refractivity contribution in [1.82, 2.24) is 5.32 Å². The standard InChI is InChI=1S/C14H23NO5/c1-7(2)11(15-14(19)20-4)12(16)10-8(3)5-6-9(10)13(17)18/h7-11H,5-6H2,1-4H3,(H,15,19)(H,17,18)/t8-,9+,10?,11-/m0/s1. The zero-order valence-electron chi connectivity index (χ0n) is 12.4. The van der Waals surface area contributed by atoms with Gasteiger partial charge in [0.25, 0.3) is 0 Å². The lowest BCUT2D eigenvalue weighted by atomic mass is 9.81. The van der Waals surface area contributed by atoms with Crippen molar-refractivity contribution in [2.24, 2.45) is 23.7 Å². The quantitative estimate of drug-likeness (QED) is 0.801. The van der Waals surface area contributed by atoms with Crippen LogP contribution in [0.2, 0.25) is 0 Å².